The highest BCUT2D eigenvalue weighted by molar-refractivity contribution is 7.91. The number of nitrogens with zero attached hydrogens (tertiary/aromatic N) is 2. The quantitative estimate of drug-likeness (QED) is 0.497. The average Bonchev–Trinajstić information content (AvgIpc) is 2.83. The summed E-state index contributed by atoms with van der Waals surface area (Å²) in [6.07, 6.45) is -5.91. The molecule has 1 aliphatic rings. The molecule has 2 N–H and O–H groups in total. The van der Waals surface area contributed by atoms with Gasteiger partial charge in [-0.2, -0.15) is 13.2 Å². The molecule has 2 aromatic carbocycles. The van der Waals surface area contributed by atoms with Crippen molar-refractivity contribution in [2.75, 3.05) is 31.9 Å². The van der Waals surface area contributed by atoms with Crippen LogP contribution in [-0.2, 0) is 29.1 Å². The van der Waals surface area contributed by atoms with Crippen LogP contribution < -0.4 is 5.32 Å². The van der Waals surface area contributed by atoms with E-state index in [0.29, 0.717) is 6.07 Å². The molecule has 202 valence electrons. The highest BCUT2D eigenvalue weighted by Gasteiger charge is 2.36. The van der Waals surface area contributed by atoms with Crippen molar-refractivity contribution in [2.45, 2.75) is 31.1 Å². The van der Waals surface area contributed by atoms with E-state index in [-0.39, 0.29) is 76.7 Å². The molecule has 1 saturated heterocycles. The third-order valence-corrected chi connectivity index (χ3v) is 8.37. The maximum atomic E-state index is 13.9. The number of rotatable bonds is 7. The fourth-order valence-corrected chi connectivity index (χ4v) is 5.52. The maximum absolute atomic E-state index is 13.9. The summed E-state index contributed by atoms with van der Waals surface area (Å²) in [5.41, 5.74) is -1.45. The van der Waals surface area contributed by atoms with Gasteiger partial charge in [-0.15, -0.1) is 0 Å². The Morgan fingerprint density at radius 1 is 1.08 bits per heavy atom. The summed E-state index contributed by atoms with van der Waals surface area (Å²) in [5.74, 6) is -1.07. The molecule has 2 aromatic rings. The Bertz CT molecular complexity index is 1300. The van der Waals surface area contributed by atoms with Crippen molar-refractivity contribution in [3.05, 3.63) is 62.6 Å². The van der Waals surface area contributed by atoms with E-state index in [9.17, 15) is 31.2 Å². The second-order valence-electron chi connectivity index (χ2n) is 8.37. The van der Waals surface area contributed by atoms with Gasteiger partial charge in [0, 0.05) is 54.9 Å². The molecule has 0 saturated carbocycles. The number of halogens is 5. The lowest BCUT2D eigenvalue weighted by atomic mass is 10.0. The number of carboxylic acid groups (broad SMARTS) is 1. The zero-order valence-corrected chi connectivity index (χ0v) is 21.9. The molecule has 0 unspecified atom stereocenters. The van der Waals surface area contributed by atoms with Crippen LogP contribution in [0.1, 0.15) is 34.0 Å². The number of alkyl halides is 3. The van der Waals surface area contributed by atoms with Crippen LogP contribution in [0.25, 0.3) is 0 Å². The number of carbonyl (C=O) groups excluding carboxylic acids is 1. The largest absolute Gasteiger partial charge is 0.465 e. The molecule has 0 spiro atoms. The Morgan fingerprint density at radius 3 is 2.30 bits per heavy atom. The molecule has 3 rings (SSSR count). The molecule has 1 fully saturated rings. The normalized spacial score (nSPS) is 15.0. The number of carbonyl (C=O) groups is 2. The summed E-state index contributed by atoms with van der Waals surface area (Å²) in [6.45, 7) is 1.74. The Kier molecular flexibility index (Phi) is 8.99. The first kappa shape index (κ1) is 29.0. The zero-order chi connectivity index (χ0) is 27.5. The van der Waals surface area contributed by atoms with E-state index in [1.54, 1.807) is 4.90 Å². The van der Waals surface area contributed by atoms with E-state index in [1.165, 1.54) is 30.0 Å². The van der Waals surface area contributed by atoms with Crippen molar-refractivity contribution in [3.8, 4) is 0 Å². The summed E-state index contributed by atoms with van der Waals surface area (Å²) in [7, 11) is -3.64. The SMILES string of the molecule is CCS(=O)(=O)c1ccc(Cl)cc1CNC(=O)c1cc(Cl)c(CN2CCN(C(=O)O)CC2)c(C(F)(F)F)c1. The number of hydrogen-bond donors (Lipinski definition) is 2. The minimum atomic E-state index is -4.81. The third kappa shape index (κ3) is 7.07. The van der Waals surface area contributed by atoms with E-state index < -0.39 is 33.6 Å². The molecule has 0 aliphatic carbocycles. The molecule has 1 heterocycles. The number of benzene rings is 2. The van der Waals surface area contributed by atoms with Gasteiger partial charge in [0.05, 0.1) is 16.2 Å². The average molecular weight is 582 g/mol. The fraction of sp³-hybridized carbons (Fsp3) is 0.391. The van der Waals surface area contributed by atoms with Crippen molar-refractivity contribution in [3.63, 3.8) is 0 Å². The minimum Gasteiger partial charge on any atom is -0.465 e. The van der Waals surface area contributed by atoms with E-state index >= 15 is 0 Å². The molecule has 0 bridgehead atoms. The molecule has 0 atom stereocenters. The Morgan fingerprint density at radius 2 is 1.73 bits per heavy atom. The first-order chi connectivity index (χ1) is 17.2. The zero-order valence-electron chi connectivity index (χ0n) is 19.6. The Hall–Kier alpha value is -2.54. The maximum Gasteiger partial charge on any atom is 0.416 e. The van der Waals surface area contributed by atoms with Crippen LogP contribution in [0.5, 0.6) is 0 Å². The summed E-state index contributed by atoms with van der Waals surface area (Å²) >= 11 is 12.2. The Labute approximate surface area is 221 Å². The third-order valence-electron chi connectivity index (χ3n) is 5.96. The standard InChI is InChI=1S/C23H24Cl2F3N3O5S/c1-2-37(35,36)20-4-3-16(24)9-15(20)12-29-21(32)14-10-18(23(26,27)28)17(19(25)11-14)13-30-5-7-31(8-6-30)22(33)34/h3-4,9-11H,2,5-8,12-13H2,1H3,(H,29,32)(H,33,34). The lowest BCUT2D eigenvalue weighted by molar-refractivity contribution is -0.138. The lowest BCUT2D eigenvalue weighted by Crippen LogP contribution is -2.48. The second-order valence-corrected chi connectivity index (χ2v) is 11.5. The van der Waals surface area contributed by atoms with Crippen molar-refractivity contribution < 1.29 is 36.3 Å². The monoisotopic (exact) mass is 581 g/mol. The van der Waals surface area contributed by atoms with Crippen molar-refractivity contribution in [1.29, 1.82) is 0 Å². The molecule has 37 heavy (non-hydrogen) atoms. The smallest absolute Gasteiger partial charge is 0.416 e. The van der Waals surface area contributed by atoms with Gasteiger partial charge in [-0.3, -0.25) is 9.69 Å². The van der Waals surface area contributed by atoms with Crippen molar-refractivity contribution >= 4 is 45.0 Å². The summed E-state index contributed by atoms with van der Waals surface area (Å²) in [4.78, 5) is 26.6. The fourth-order valence-electron chi connectivity index (χ4n) is 3.92. The van der Waals surface area contributed by atoms with Gasteiger partial charge < -0.3 is 15.3 Å². The molecule has 8 nitrogen and oxygen atoms in total. The van der Waals surface area contributed by atoms with E-state index in [0.717, 1.165) is 6.07 Å². The van der Waals surface area contributed by atoms with Crippen molar-refractivity contribution in [2.24, 2.45) is 0 Å². The number of nitrogens with one attached hydrogen (secondary N) is 1. The highest BCUT2D eigenvalue weighted by atomic mass is 35.5. The molecule has 0 radical (unpaired) electrons. The minimum absolute atomic E-state index is 0.0351. The van der Waals surface area contributed by atoms with E-state index in [2.05, 4.69) is 5.32 Å². The van der Waals surface area contributed by atoms with E-state index in [1.807, 2.05) is 0 Å². The molecular formula is C23H24Cl2F3N3O5S. The van der Waals surface area contributed by atoms with Gasteiger partial charge in [0.15, 0.2) is 9.84 Å². The first-order valence-electron chi connectivity index (χ1n) is 11.1. The first-order valence-corrected chi connectivity index (χ1v) is 13.5. The van der Waals surface area contributed by atoms with Crippen LogP contribution >= 0.6 is 23.2 Å². The topological polar surface area (TPSA) is 107 Å². The van der Waals surface area contributed by atoms with Gasteiger partial charge in [-0.25, -0.2) is 13.2 Å². The summed E-state index contributed by atoms with van der Waals surface area (Å²) in [6, 6.07) is 5.89. The second kappa shape index (κ2) is 11.5. The summed E-state index contributed by atoms with van der Waals surface area (Å²) in [5, 5.41) is 11.5. The molecule has 1 aliphatic heterocycles. The van der Waals surface area contributed by atoms with Crippen LogP contribution in [0.3, 0.4) is 0 Å². The Balaban J connectivity index is 1.84. The van der Waals surface area contributed by atoms with Crippen LogP contribution in [0, 0.1) is 0 Å². The number of piperazine rings is 1. The number of hydrogen-bond acceptors (Lipinski definition) is 5. The van der Waals surface area contributed by atoms with Crippen LogP contribution in [0.2, 0.25) is 10.0 Å². The van der Waals surface area contributed by atoms with Crippen LogP contribution in [-0.4, -0.2) is 67.3 Å². The highest BCUT2D eigenvalue weighted by Crippen LogP contribution is 2.37. The van der Waals surface area contributed by atoms with Crippen molar-refractivity contribution in [1.82, 2.24) is 15.1 Å². The van der Waals surface area contributed by atoms with Gasteiger partial charge in [-0.1, -0.05) is 30.1 Å². The molecular weight excluding hydrogens is 558 g/mol. The molecule has 0 aromatic heterocycles. The number of sulfone groups is 1. The molecule has 2 amide bonds. The predicted octanol–water partition coefficient (Wildman–Crippen LogP) is 4.53. The van der Waals surface area contributed by atoms with Gasteiger partial charge in [0.2, 0.25) is 0 Å². The van der Waals surface area contributed by atoms with Gasteiger partial charge >= 0.3 is 12.3 Å². The van der Waals surface area contributed by atoms with Gasteiger partial charge in [0.25, 0.3) is 5.91 Å². The number of amides is 2. The predicted molar refractivity (Wildman–Crippen MR) is 132 cm³/mol. The molecule has 14 heteroatoms. The van der Waals surface area contributed by atoms with Crippen LogP contribution in [0.4, 0.5) is 18.0 Å². The van der Waals surface area contributed by atoms with Gasteiger partial charge in [0.1, 0.15) is 0 Å². The van der Waals surface area contributed by atoms with Gasteiger partial charge in [-0.05, 0) is 41.5 Å². The van der Waals surface area contributed by atoms with E-state index in [4.69, 9.17) is 28.3 Å². The summed E-state index contributed by atoms with van der Waals surface area (Å²) < 4.78 is 66.5. The van der Waals surface area contributed by atoms with Crippen LogP contribution in [0.15, 0.2) is 35.2 Å². The lowest BCUT2D eigenvalue weighted by Gasteiger charge is -2.33.